The Hall–Kier alpha value is -3.69. The van der Waals surface area contributed by atoms with E-state index in [4.69, 9.17) is 16.0 Å². The van der Waals surface area contributed by atoms with E-state index < -0.39 is 10.7 Å². The molecule has 27 heavy (non-hydrogen) atoms. The van der Waals surface area contributed by atoms with Gasteiger partial charge in [0.15, 0.2) is 0 Å². The fraction of sp³-hybridized carbons (Fsp3) is 0. The molecule has 1 aromatic heterocycles. The summed E-state index contributed by atoms with van der Waals surface area (Å²) in [6.07, 6.45) is 1.34. The Morgan fingerprint density at radius 1 is 1.15 bits per heavy atom. The van der Waals surface area contributed by atoms with Crippen LogP contribution in [-0.2, 0) is 0 Å². The van der Waals surface area contributed by atoms with Crippen LogP contribution in [0, 0.1) is 21.4 Å². The zero-order chi connectivity index (χ0) is 19.4. The minimum absolute atomic E-state index is 0.0237. The predicted octanol–water partition coefficient (Wildman–Crippen LogP) is 5.30. The summed E-state index contributed by atoms with van der Waals surface area (Å²) in [5.41, 5.74) is 0.535. The van der Waals surface area contributed by atoms with E-state index in [1.54, 1.807) is 48.5 Å². The number of nitro benzene ring substituents is 1. The lowest BCUT2D eigenvalue weighted by molar-refractivity contribution is -0.384. The lowest BCUT2D eigenvalue weighted by Gasteiger charge is -2.00. The molecule has 2 aromatic carbocycles. The third-order valence-electron chi connectivity index (χ3n) is 3.74. The second-order valence-electron chi connectivity index (χ2n) is 5.49. The van der Waals surface area contributed by atoms with E-state index in [9.17, 15) is 20.2 Å². The molecule has 3 rings (SSSR count). The van der Waals surface area contributed by atoms with E-state index in [0.29, 0.717) is 16.9 Å². The number of rotatable bonds is 5. The van der Waals surface area contributed by atoms with Crippen LogP contribution in [0.5, 0.6) is 0 Å². The highest BCUT2D eigenvalue weighted by molar-refractivity contribution is 6.32. The molecule has 0 N–H and O–H groups in total. The zero-order valence-corrected chi connectivity index (χ0v) is 14.5. The number of nitro groups is 1. The van der Waals surface area contributed by atoms with Crippen LogP contribution in [0.4, 0.5) is 5.69 Å². The van der Waals surface area contributed by atoms with Gasteiger partial charge in [0.05, 0.1) is 4.92 Å². The predicted molar refractivity (Wildman–Crippen MR) is 100 cm³/mol. The fourth-order valence-corrected chi connectivity index (χ4v) is 2.61. The second kappa shape index (κ2) is 7.68. The molecule has 1 heterocycles. The summed E-state index contributed by atoms with van der Waals surface area (Å²) in [6, 6.07) is 17.8. The van der Waals surface area contributed by atoms with Gasteiger partial charge in [-0.2, -0.15) is 5.26 Å². The Morgan fingerprint density at radius 2 is 1.89 bits per heavy atom. The van der Waals surface area contributed by atoms with Gasteiger partial charge in [-0.3, -0.25) is 14.9 Å². The highest BCUT2D eigenvalue weighted by atomic mass is 35.5. The third kappa shape index (κ3) is 3.94. The molecular formula is C20H11ClN2O4. The van der Waals surface area contributed by atoms with Crippen LogP contribution in [0.2, 0.25) is 5.02 Å². The quantitative estimate of drug-likeness (QED) is 0.197. The van der Waals surface area contributed by atoms with Crippen molar-refractivity contribution in [2.24, 2.45) is 0 Å². The van der Waals surface area contributed by atoms with Crippen LogP contribution in [-0.4, -0.2) is 10.7 Å². The van der Waals surface area contributed by atoms with Crippen LogP contribution in [0.3, 0.4) is 0 Å². The number of nitriles is 1. The van der Waals surface area contributed by atoms with Gasteiger partial charge in [0.25, 0.3) is 5.69 Å². The van der Waals surface area contributed by atoms with Gasteiger partial charge in [-0.15, -0.1) is 0 Å². The molecular weight excluding hydrogens is 368 g/mol. The van der Waals surface area contributed by atoms with E-state index in [0.717, 1.165) is 0 Å². The van der Waals surface area contributed by atoms with E-state index in [1.165, 1.54) is 18.2 Å². The summed E-state index contributed by atoms with van der Waals surface area (Å²) in [6.45, 7) is 0. The number of nitrogens with zero attached hydrogens (tertiary/aromatic N) is 2. The van der Waals surface area contributed by atoms with Gasteiger partial charge in [-0.1, -0.05) is 41.9 Å². The monoisotopic (exact) mass is 378 g/mol. The molecule has 0 atom stereocenters. The number of carbonyl (C=O) groups excluding carboxylic acids is 1. The summed E-state index contributed by atoms with van der Waals surface area (Å²) >= 11 is 5.81. The molecule has 6 nitrogen and oxygen atoms in total. The molecule has 0 aliphatic heterocycles. The smallest absolute Gasteiger partial charge is 0.288 e. The highest BCUT2D eigenvalue weighted by Gasteiger charge is 2.16. The van der Waals surface area contributed by atoms with E-state index in [2.05, 4.69) is 0 Å². The zero-order valence-electron chi connectivity index (χ0n) is 13.8. The Labute approximate surface area is 159 Å². The molecule has 3 aromatic rings. The minimum atomic E-state index is -0.581. The first-order chi connectivity index (χ1) is 13.0. The number of carbonyl (C=O) groups is 1. The van der Waals surface area contributed by atoms with Crippen molar-refractivity contribution in [2.45, 2.75) is 0 Å². The van der Waals surface area contributed by atoms with Crippen molar-refractivity contribution < 1.29 is 14.1 Å². The average Bonchev–Trinajstić information content (AvgIpc) is 3.15. The maximum Gasteiger partial charge on any atom is 0.288 e. The molecule has 0 amide bonds. The number of benzene rings is 2. The standard InChI is InChI=1S/C20H11ClN2O4/c21-17-8-6-14(11-18(17)23(25)26)19-9-7-16(27-19)10-15(12-22)20(24)13-4-2-1-3-5-13/h1-11H/b15-10+. The van der Waals surface area contributed by atoms with Gasteiger partial charge < -0.3 is 4.42 Å². The van der Waals surface area contributed by atoms with E-state index >= 15 is 0 Å². The van der Waals surface area contributed by atoms with Crippen molar-refractivity contribution in [2.75, 3.05) is 0 Å². The third-order valence-corrected chi connectivity index (χ3v) is 4.06. The molecule has 132 valence electrons. The fourth-order valence-electron chi connectivity index (χ4n) is 2.43. The summed E-state index contributed by atoms with van der Waals surface area (Å²) < 4.78 is 5.62. The lowest BCUT2D eigenvalue weighted by Crippen LogP contribution is -2.01. The number of ketones is 1. The first kappa shape index (κ1) is 18.1. The second-order valence-corrected chi connectivity index (χ2v) is 5.90. The number of hydrogen-bond donors (Lipinski definition) is 0. The van der Waals surface area contributed by atoms with Crippen molar-refractivity contribution in [1.82, 2.24) is 0 Å². The van der Waals surface area contributed by atoms with Crippen LogP contribution in [0.15, 0.2) is 70.7 Å². The number of Topliss-reactive ketones (excluding diaryl/α,β-unsaturated/α-hetero) is 1. The SMILES string of the molecule is N#C/C(=C\c1ccc(-c2ccc(Cl)c([N+](=O)[O-])c2)o1)C(=O)c1ccccc1. The molecule has 0 aliphatic rings. The van der Waals surface area contributed by atoms with Crippen LogP contribution in [0.1, 0.15) is 16.1 Å². The van der Waals surface area contributed by atoms with E-state index in [-0.39, 0.29) is 22.0 Å². The lowest BCUT2D eigenvalue weighted by atomic mass is 10.0. The topological polar surface area (TPSA) is 97.1 Å². The molecule has 0 saturated carbocycles. The Balaban J connectivity index is 1.92. The number of halogens is 1. The molecule has 0 fully saturated rings. The molecule has 0 aliphatic carbocycles. The van der Waals surface area contributed by atoms with Gasteiger partial charge in [0, 0.05) is 23.3 Å². The number of hydrogen-bond acceptors (Lipinski definition) is 5. The summed E-state index contributed by atoms with van der Waals surface area (Å²) in [7, 11) is 0. The first-order valence-corrected chi connectivity index (χ1v) is 8.13. The maximum atomic E-state index is 12.4. The minimum Gasteiger partial charge on any atom is -0.457 e. The summed E-state index contributed by atoms with van der Waals surface area (Å²) in [4.78, 5) is 22.8. The Morgan fingerprint density at radius 3 is 2.56 bits per heavy atom. The van der Waals surface area contributed by atoms with Crippen molar-refractivity contribution in [3.8, 4) is 17.4 Å². The van der Waals surface area contributed by atoms with Crippen LogP contribution in [0.25, 0.3) is 17.4 Å². The summed E-state index contributed by atoms with van der Waals surface area (Å²) in [5, 5.41) is 20.3. The molecule has 7 heteroatoms. The summed E-state index contributed by atoms with van der Waals surface area (Å²) in [5.74, 6) is 0.215. The number of furan rings is 1. The maximum absolute atomic E-state index is 12.4. The number of allylic oxidation sites excluding steroid dienone is 1. The molecule has 0 saturated heterocycles. The van der Waals surface area contributed by atoms with Crippen molar-refractivity contribution >= 4 is 29.1 Å². The van der Waals surface area contributed by atoms with Crippen molar-refractivity contribution in [3.63, 3.8) is 0 Å². The van der Waals surface area contributed by atoms with Crippen LogP contribution < -0.4 is 0 Å². The normalized spacial score (nSPS) is 11.0. The van der Waals surface area contributed by atoms with E-state index in [1.807, 2.05) is 6.07 Å². The van der Waals surface area contributed by atoms with Crippen molar-refractivity contribution in [1.29, 1.82) is 5.26 Å². The van der Waals surface area contributed by atoms with Crippen molar-refractivity contribution in [3.05, 3.63) is 92.7 Å². The van der Waals surface area contributed by atoms with Gasteiger partial charge in [-0.25, -0.2) is 0 Å². The highest BCUT2D eigenvalue weighted by Crippen LogP contribution is 2.31. The first-order valence-electron chi connectivity index (χ1n) is 7.75. The molecule has 0 spiro atoms. The van der Waals surface area contributed by atoms with Gasteiger partial charge in [0.2, 0.25) is 5.78 Å². The largest absolute Gasteiger partial charge is 0.457 e. The van der Waals surface area contributed by atoms with Crippen LogP contribution >= 0.6 is 11.6 Å². The molecule has 0 bridgehead atoms. The average molecular weight is 379 g/mol. The Bertz CT molecular complexity index is 1090. The Kier molecular flexibility index (Phi) is 5.15. The van der Waals surface area contributed by atoms with Gasteiger partial charge in [0.1, 0.15) is 28.2 Å². The van der Waals surface area contributed by atoms with Gasteiger partial charge in [-0.05, 0) is 24.3 Å². The van der Waals surface area contributed by atoms with Gasteiger partial charge >= 0.3 is 0 Å². The molecule has 0 unspecified atom stereocenters. The molecule has 0 radical (unpaired) electrons.